The highest BCUT2D eigenvalue weighted by Crippen LogP contribution is 2.40. The Bertz CT molecular complexity index is 1060. The number of nitrogen functional groups attached to an aromatic ring is 1. The summed E-state index contributed by atoms with van der Waals surface area (Å²) in [6.07, 6.45) is -4.75. The maximum absolute atomic E-state index is 13.3. The number of halogens is 3. The lowest BCUT2D eigenvalue weighted by atomic mass is 10.2. The summed E-state index contributed by atoms with van der Waals surface area (Å²) in [4.78, 5) is 13.9. The van der Waals surface area contributed by atoms with E-state index in [2.05, 4.69) is 29.9 Å². The molecule has 0 spiro atoms. The van der Waals surface area contributed by atoms with Gasteiger partial charge in [0.2, 0.25) is 5.13 Å². The average Bonchev–Trinajstić information content (AvgIpc) is 2.96. The van der Waals surface area contributed by atoms with Crippen LogP contribution in [0.2, 0.25) is 0 Å². The number of rotatable bonds is 2. The summed E-state index contributed by atoms with van der Waals surface area (Å²) in [7, 11) is 0. The standard InChI is InChI=1S/C13H4F3N7S2/c1-18-5-3-7-8(4-6(5)19-2)21-10(9(20-7)13(14,15)16)24-12-23-22-11(17)25-12/h3-4H,(H2,17,22). The summed E-state index contributed by atoms with van der Waals surface area (Å²) < 4.78 is 40.2. The number of fused-ring (bicyclic) bond motifs is 1. The van der Waals surface area contributed by atoms with Gasteiger partial charge in [-0.1, -0.05) is 11.3 Å². The number of nitrogens with two attached hydrogens (primary N) is 1. The molecule has 0 fully saturated rings. The molecule has 3 aromatic rings. The van der Waals surface area contributed by atoms with E-state index in [1.54, 1.807) is 0 Å². The van der Waals surface area contributed by atoms with Crippen LogP contribution in [-0.4, -0.2) is 20.2 Å². The van der Waals surface area contributed by atoms with E-state index in [9.17, 15) is 13.2 Å². The van der Waals surface area contributed by atoms with Crippen LogP contribution in [0.25, 0.3) is 20.7 Å². The smallest absolute Gasteiger partial charge is 0.374 e. The molecule has 0 saturated carbocycles. The fourth-order valence-electron chi connectivity index (χ4n) is 1.84. The fourth-order valence-corrected chi connectivity index (χ4v) is 3.49. The molecule has 0 bridgehead atoms. The van der Waals surface area contributed by atoms with E-state index < -0.39 is 16.9 Å². The maximum Gasteiger partial charge on any atom is 0.436 e. The van der Waals surface area contributed by atoms with Gasteiger partial charge >= 0.3 is 6.18 Å². The van der Waals surface area contributed by atoms with Crippen LogP contribution < -0.4 is 5.73 Å². The van der Waals surface area contributed by atoms with Crippen molar-refractivity contribution in [1.29, 1.82) is 0 Å². The van der Waals surface area contributed by atoms with Crippen molar-refractivity contribution in [1.82, 2.24) is 20.2 Å². The maximum atomic E-state index is 13.3. The largest absolute Gasteiger partial charge is 0.436 e. The second-order valence-corrected chi connectivity index (χ2v) is 6.68. The van der Waals surface area contributed by atoms with Crippen molar-refractivity contribution in [2.24, 2.45) is 0 Å². The highest BCUT2D eigenvalue weighted by atomic mass is 32.2. The number of hydrogen-bond donors (Lipinski definition) is 1. The van der Waals surface area contributed by atoms with Gasteiger partial charge in [-0.05, 0) is 23.9 Å². The van der Waals surface area contributed by atoms with Gasteiger partial charge in [-0.25, -0.2) is 9.97 Å². The number of anilines is 1. The number of aromatic nitrogens is 4. The summed E-state index contributed by atoms with van der Waals surface area (Å²) in [6.45, 7) is 14.1. The second kappa shape index (κ2) is 6.16. The molecule has 2 aromatic heterocycles. The Morgan fingerprint density at radius 3 is 2.12 bits per heavy atom. The first-order chi connectivity index (χ1) is 11.8. The van der Waals surface area contributed by atoms with Gasteiger partial charge in [0.1, 0.15) is 5.03 Å². The van der Waals surface area contributed by atoms with E-state index in [0.29, 0.717) is 11.8 Å². The molecule has 7 nitrogen and oxygen atoms in total. The van der Waals surface area contributed by atoms with Gasteiger partial charge < -0.3 is 5.73 Å². The van der Waals surface area contributed by atoms with Crippen molar-refractivity contribution in [3.8, 4) is 0 Å². The van der Waals surface area contributed by atoms with Crippen LogP contribution >= 0.6 is 23.1 Å². The zero-order valence-corrected chi connectivity index (χ0v) is 13.5. The normalized spacial score (nSPS) is 11.2. The number of nitrogens with zero attached hydrogens (tertiary/aromatic N) is 6. The van der Waals surface area contributed by atoms with Crippen molar-refractivity contribution in [2.75, 3.05) is 5.73 Å². The average molecular weight is 379 g/mol. The highest BCUT2D eigenvalue weighted by Gasteiger charge is 2.37. The Morgan fingerprint density at radius 2 is 1.64 bits per heavy atom. The van der Waals surface area contributed by atoms with Gasteiger partial charge in [-0.3, -0.25) is 9.69 Å². The minimum absolute atomic E-state index is 0.00679. The van der Waals surface area contributed by atoms with Gasteiger partial charge in [0, 0.05) is 0 Å². The third-order valence-corrected chi connectivity index (χ3v) is 4.63. The Labute approximate surface area is 146 Å². The Balaban J connectivity index is 2.23. The molecule has 0 amide bonds. The molecule has 1 aromatic carbocycles. The molecule has 0 unspecified atom stereocenters. The van der Waals surface area contributed by atoms with Gasteiger partial charge in [-0.2, -0.15) is 13.2 Å². The first-order valence-corrected chi connectivity index (χ1v) is 7.90. The predicted octanol–water partition coefficient (Wildman–Crippen LogP) is 4.34. The first kappa shape index (κ1) is 16.9. The van der Waals surface area contributed by atoms with Crippen LogP contribution in [-0.2, 0) is 6.18 Å². The molecule has 25 heavy (non-hydrogen) atoms. The number of benzene rings is 1. The van der Waals surface area contributed by atoms with Crippen LogP contribution in [0.3, 0.4) is 0 Å². The molecule has 0 atom stereocenters. The fraction of sp³-hybridized carbons (Fsp3) is 0.0769. The SMILES string of the molecule is [C-]#[N+]c1cc2nc(Sc3nnc(N)s3)c(C(F)(F)F)nc2cc1[N+]#[C-]. The van der Waals surface area contributed by atoms with Crippen LogP contribution in [0.1, 0.15) is 5.69 Å². The van der Waals surface area contributed by atoms with Gasteiger partial charge in [0.15, 0.2) is 21.4 Å². The molecule has 12 heteroatoms. The number of hydrogen-bond acceptors (Lipinski definition) is 7. The lowest BCUT2D eigenvalue weighted by molar-refractivity contribution is -0.143. The van der Waals surface area contributed by atoms with Crippen molar-refractivity contribution >= 4 is 50.6 Å². The molecule has 2 heterocycles. The first-order valence-electron chi connectivity index (χ1n) is 6.26. The quantitative estimate of drug-likeness (QED) is 0.667. The van der Waals surface area contributed by atoms with E-state index in [4.69, 9.17) is 18.9 Å². The van der Waals surface area contributed by atoms with E-state index in [0.717, 1.165) is 17.4 Å². The molecule has 0 saturated heterocycles. The molecule has 124 valence electrons. The van der Waals surface area contributed by atoms with Crippen molar-refractivity contribution < 1.29 is 13.2 Å². The summed E-state index contributed by atoms with van der Waals surface area (Å²) >= 11 is 1.55. The zero-order chi connectivity index (χ0) is 18.2. The van der Waals surface area contributed by atoms with Crippen molar-refractivity contribution in [2.45, 2.75) is 15.5 Å². The monoisotopic (exact) mass is 379 g/mol. The van der Waals surface area contributed by atoms with Crippen LogP contribution in [0.4, 0.5) is 29.7 Å². The molecular weight excluding hydrogens is 375 g/mol. The lowest BCUT2D eigenvalue weighted by Gasteiger charge is -2.11. The Morgan fingerprint density at radius 1 is 1.04 bits per heavy atom. The lowest BCUT2D eigenvalue weighted by Crippen LogP contribution is -2.11. The minimum atomic E-state index is -4.75. The molecule has 3 rings (SSSR count). The molecule has 0 aliphatic heterocycles. The Hall–Kier alpha value is -2.96. The second-order valence-electron chi connectivity index (χ2n) is 4.44. The molecule has 0 aliphatic carbocycles. The number of alkyl halides is 3. The van der Waals surface area contributed by atoms with E-state index in [1.807, 2.05) is 0 Å². The van der Waals surface area contributed by atoms with Crippen LogP contribution in [0.5, 0.6) is 0 Å². The Kier molecular flexibility index (Phi) is 4.16. The highest BCUT2D eigenvalue weighted by molar-refractivity contribution is 8.01. The molecule has 2 N–H and O–H groups in total. The summed E-state index contributed by atoms with van der Waals surface area (Å²) in [6, 6.07) is 2.36. The third kappa shape index (κ3) is 3.31. The third-order valence-electron chi connectivity index (χ3n) is 2.84. The molecule has 0 radical (unpaired) electrons. The van der Waals surface area contributed by atoms with E-state index in [1.165, 1.54) is 6.07 Å². The summed E-state index contributed by atoms with van der Waals surface area (Å²) in [5.74, 6) is 0. The van der Waals surface area contributed by atoms with Crippen LogP contribution in [0, 0.1) is 13.1 Å². The summed E-state index contributed by atoms with van der Waals surface area (Å²) in [5, 5.41) is 6.88. The molecular formula is C13H4F3N7S2. The van der Waals surface area contributed by atoms with Crippen molar-refractivity contribution in [3.05, 3.63) is 40.7 Å². The van der Waals surface area contributed by atoms with Crippen LogP contribution in [0.15, 0.2) is 21.5 Å². The van der Waals surface area contributed by atoms with Crippen molar-refractivity contribution in [3.63, 3.8) is 0 Å². The topological polar surface area (TPSA) is 86.3 Å². The molecule has 0 aliphatic rings. The van der Waals surface area contributed by atoms with E-state index in [-0.39, 0.29) is 31.9 Å². The van der Waals surface area contributed by atoms with Gasteiger partial charge in [-0.15, -0.1) is 10.2 Å². The zero-order valence-electron chi connectivity index (χ0n) is 11.9. The predicted molar refractivity (Wildman–Crippen MR) is 85.5 cm³/mol. The summed E-state index contributed by atoms with van der Waals surface area (Å²) in [5.41, 5.74) is 4.09. The van der Waals surface area contributed by atoms with Gasteiger partial charge in [0.25, 0.3) is 0 Å². The van der Waals surface area contributed by atoms with Gasteiger partial charge in [0.05, 0.1) is 24.2 Å². The van der Waals surface area contributed by atoms with E-state index >= 15 is 0 Å². The minimum Gasteiger partial charge on any atom is -0.374 e.